The molecule has 5 aromatic rings. The van der Waals surface area contributed by atoms with Crippen LogP contribution in [0.5, 0.6) is 5.75 Å². The maximum Gasteiger partial charge on any atom is 0.341 e. The zero-order valence-corrected chi connectivity index (χ0v) is 25.7. The molecule has 4 aromatic carbocycles. The van der Waals surface area contributed by atoms with Crippen LogP contribution in [0.2, 0.25) is 10.0 Å². The maximum absolute atomic E-state index is 10.8. The van der Waals surface area contributed by atoms with Gasteiger partial charge in [-0.1, -0.05) is 53.5 Å². The number of aliphatic carboxylic acids is 1. The fraction of sp³-hybridized carbons (Fsp3) is 0.278. The van der Waals surface area contributed by atoms with Gasteiger partial charge < -0.3 is 14.7 Å². The highest BCUT2D eigenvalue weighted by atomic mass is 35.5. The zero-order valence-electron chi connectivity index (χ0n) is 24.2. The van der Waals surface area contributed by atoms with E-state index < -0.39 is 5.97 Å². The number of hydrogen-bond donors (Lipinski definition) is 1. The molecule has 1 saturated carbocycles. The number of hydrogen-bond acceptors (Lipinski definition) is 4. The highest BCUT2D eigenvalue weighted by molar-refractivity contribution is 6.30. The van der Waals surface area contributed by atoms with Gasteiger partial charge in [0, 0.05) is 46.0 Å². The number of carbonyl (C=O) groups is 1. The monoisotopic (exact) mass is 625 g/mol. The Kier molecular flexibility index (Phi) is 7.96. The summed E-state index contributed by atoms with van der Waals surface area (Å²) in [6, 6.07) is 31.4. The molecule has 1 saturated heterocycles. The summed E-state index contributed by atoms with van der Waals surface area (Å²) in [5.41, 5.74) is 7.13. The lowest BCUT2D eigenvalue weighted by molar-refractivity contribution is -0.139. The van der Waals surface area contributed by atoms with Crippen molar-refractivity contribution in [2.75, 3.05) is 24.6 Å². The molecular weight excluding hydrogens is 593 g/mol. The number of piperidine rings is 1. The van der Waals surface area contributed by atoms with Gasteiger partial charge in [-0.25, -0.2) is 4.79 Å². The first-order valence-corrected chi connectivity index (χ1v) is 15.9. The average Bonchev–Trinajstić information content (AvgIpc) is 3.82. The van der Waals surface area contributed by atoms with Gasteiger partial charge in [-0.3, -0.25) is 4.68 Å². The Balaban J connectivity index is 1.18. The molecule has 44 heavy (non-hydrogen) atoms. The van der Waals surface area contributed by atoms with E-state index in [-0.39, 0.29) is 12.5 Å². The lowest BCUT2D eigenvalue weighted by Gasteiger charge is -2.33. The number of nitrogens with zero attached hydrogens (tertiary/aromatic N) is 3. The van der Waals surface area contributed by atoms with Crippen molar-refractivity contribution in [2.24, 2.45) is 0 Å². The van der Waals surface area contributed by atoms with Crippen molar-refractivity contribution in [1.29, 1.82) is 0 Å². The summed E-state index contributed by atoms with van der Waals surface area (Å²) in [4.78, 5) is 13.2. The Bertz CT molecular complexity index is 1730. The van der Waals surface area contributed by atoms with Gasteiger partial charge in [0.2, 0.25) is 0 Å². The molecular formula is C36H33Cl2N3O3. The van der Waals surface area contributed by atoms with Crippen LogP contribution in [0.3, 0.4) is 0 Å². The number of halogens is 2. The third-order valence-corrected chi connectivity index (χ3v) is 9.34. The number of carboxylic acids is 1. The van der Waals surface area contributed by atoms with Gasteiger partial charge in [-0.05, 0) is 103 Å². The van der Waals surface area contributed by atoms with Crippen molar-refractivity contribution < 1.29 is 14.6 Å². The minimum Gasteiger partial charge on any atom is -0.482 e. The van der Waals surface area contributed by atoms with Gasteiger partial charge in [0.05, 0.1) is 17.3 Å². The number of rotatable bonds is 9. The summed E-state index contributed by atoms with van der Waals surface area (Å²) >= 11 is 12.5. The van der Waals surface area contributed by atoms with Gasteiger partial charge >= 0.3 is 5.97 Å². The molecule has 0 spiro atoms. The molecule has 8 heteroatoms. The van der Waals surface area contributed by atoms with E-state index in [1.807, 2.05) is 48.5 Å². The maximum atomic E-state index is 10.8. The number of ether oxygens (including phenoxy) is 1. The standard InChI is InChI=1S/C36H33Cl2N3O3/c37-27-6-1-23(2-7-27)35(24-3-8-28(38)9-4-24)26-5-16-33-32(21-26)36(39-41(33)30-10-11-30)25-17-19-40(20-18-25)29-12-14-31(15-13-29)44-22-34(42)43/h1-9,12-16,21,25,30,35H,10-11,17-20,22H2,(H,42,43). The molecule has 1 aliphatic heterocycles. The van der Waals surface area contributed by atoms with E-state index in [9.17, 15) is 4.79 Å². The molecule has 1 aromatic heterocycles. The largest absolute Gasteiger partial charge is 0.482 e. The minimum absolute atomic E-state index is 0.0374. The Morgan fingerprint density at radius 1 is 0.818 bits per heavy atom. The van der Waals surface area contributed by atoms with E-state index in [0.717, 1.165) is 41.7 Å². The second kappa shape index (κ2) is 12.2. The number of aromatic nitrogens is 2. The topological polar surface area (TPSA) is 67.6 Å². The van der Waals surface area contributed by atoms with Crippen molar-refractivity contribution in [2.45, 2.75) is 43.6 Å². The molecule has 7 rings (SSSR count). The van der Waals surface area contributed by atoms with E-state index in [4.69, 9.17) is 38.1 Å². The molecule has 0 bridgehead atoms. The molecule has 1 N–H and O–H groups in total. The normalized spacial score (nSPS) is 15.7. The summed E-state index contributed by atoms with van der Waals surface area (Å²) in [5.74, 6) is -0.0122. The smallest absolute Gasteiger partial charge is 0.341 e. The summed E-state index contributed by atoms with van der Waals surface area (Å²) in [5, 5.41) is 16.9. The molecule has 6 nitrogen and oxygen atoms in total. The molecule has 2 aliphatic rings. The third-order valence-electron chi connectivity index (χ3n) is 8.84. The average molecular weight is 627 g/mol. The minimum atomic E-state index is -0.981. The number of fused-ring (bicyclic) bond motifs is 1. The number of anilines is 1. The second-order valence-electron chi connectivity index (χ2n) is 11.8. The molecule has 2 fully saturated rings. The lowest BCUT2D eigenvalue weighted by atomic mass is 9.84. The van der Waals surface area contributed by atoms with Crippen molar-refractivity contribution in [1.82, 2.24) is 9.78 Å². The summed E-state index contributed by atoms with van der Waals surface area (Å²) in [6.07, 6.45) is 4.38. The van der Waals surface area contributed by atoms with E-state index in [0.29, 0.717) is 17.7 Å². The van der Waals surface area contributed by atoms with Gasteiger partial charge in [0.15, 0.2) is 6.61 Å². The molecule has 0 amide bonds. The molecule has 0 radical (unpaired) electrons. The predicted octanol–water partition coefficient (Wildman–Crippen LogP) is 8.71. The second-order valence-corrected chi connectivity index (χ2v) is 12.7. The molecule has 2 heterocycles. The van der Waals surface area contributed by atoms with Gasteiger partial charge in [0.25, 0.3) is 0 Å². The van der Waals surface area contributed by atoms with Crippen molar-refractivity contribution in [3.05, 3.63) is 123 Å². The fourth-order valence-electron chi connectivity index (χ4n) is 6.46. The SMILES string of the molecule is O=C(O)COc1ccc(N2CCC(c3nn(C4CC4)c4ccc(C(c5ccc(Cl)cc5)c5ccc(Cl)cc5)cc34)CC2)cc1. The van der Waals surface area contributed by atoms with Gasteiger partial charge in [0.1, 0.15) is 5.75 Å². The molecule has 0 atom stereocenters. The fourth-order valence-corrected chi connectivity index (χ4v) is 6.71. The van der Waals surface area contributed by atoms with Crippen molar-refractivity contribution in [3.63, 3.8) is 0 Å². The van der Waals surface area contributed by atoms with Crippen LogP contribution in [0.15, 0.2) is 91.0 Å². The predicted molar refractivity (Wildman–Crippen MR) is 176 cm³/mol. The van der Waals surface area contributed by atoms with Crippen LogP contribution >= 0.6 is 23.2 Å². The van der Waals surface area contributed by atoms with Crippen molar-refractivity contribution >= 4 is 45.8 Å². The van der Waals surface area contributed by atoms with E-state index in [2.05, 4.69) is 52.0 Å². The van der Waals surface area contributed by atoms with Crippen LogP contribution in [0.25, 0.3) is 10.9 Å². The van der Waals surface area contributed by atoms with Crippen LogP contribution < -0.4 is 9.64 Å². The highest BCUT2D eigenvalue weighted by Crippen LogP contribution is 2.43. The van der Waals surface area contributed by atoms with Crippen LogP contribution in [0.1, 0.15) is 65.9 Å². The van der Waals surface area contributed by atoms with Crippen LogP contribution in [0, 0.1) is 0 Å². The summed E-state index contributed by atoms with van der Waals surface area (Å²) < 4.78 is 7.58. The summed E-state index contributed by atoms with van der Waals surface area (Å²) in [7, 11) is 0. The third kappa shape index (κ3) is 6.01. The molecule has 1 aliphatic carbocycles. The Labute approximate surface area is 266 Å². The number of carboxylic acid groups (broad SMARTS) is 1. The number of benzene rings is 4. The van der Waals surface area contributed by atoms with E-state index >= 15 is 0 Å². The van der Waals surface area contributed by atoms with Gasteiger partial charge in [-0.2, -0.15) is 5.10 Å². The summed E-state index contributed by atoms with van der Waals surface area (Å²) in [6.45, 7) is 1.51. The first-order chi connectivity index (χ1) is 21.4. The van der Waals surface area contributed by atoms with Crippen LogP contribution in [-0.2, 0) is 4.79 Å². The Morgan fingerprint density at radius 3 is 1.98 bits per heavy atom. The first-order valence-electron chi connectivity index (χ1n) is 15.2. The Hall–Kier alpha value is -4.00. The van der Waals surface area contributed by atoms with E-state index in [1.54, 1.807) is 0 Å². The lowest BCUT2D eigenvalue weighted by Crippen LogP contribution is -2.33. The zero-order chi connectivity index (χ0) is 30.2. The molecule has 0 unspecified atom stereocenters. The van der Waals surface area contributed by atoms with Crippen LogP contribution in [0.4, 0.5) is 5.69 Å². The quantitative estimate of drug-likeness (QED) is 0.166. The Morgan fingerprint density at radius 2 is 1.41 bits per heavy atom. The molecule has 224 valence electrons. The van der Waals surface area contributed by atoms with Crippen molar-refractivity contribution in [3.8, 4) is 5.75 Å². The van der Waals surface area contributed by atoms with Gasteiger partial charge in [-0.15, -0.1) is 0 Å². The first kappa shape index (κ1) is 28.8. The highest BCUT2D eigenvalue weighted by Gasteiger charge is 2.31. The van der Waals surface area contributed by atoms with Crippen LogP contribution in [-0.4, -0.2) is 40.6 Å². The van der Waals surface area contributed by atoms with E-state index in [1.165, 1.54) is 46.1 Å².